The average molecular weight is 865 g/mol. The summed E-state index contributed by atoms with van der Waals surface area (Å²) >= 11 is 0. The smallest absolute Gasteiger partial charge is 0.342 e. The van der Waals surface area contributed by atoms with E-state index >= 15 is 0 Å². The average Bonchev–Trinajstić information content (AvgIpc) is 3.99. The zero-order chi connectivity index (χ0) is 46.4. The van der Waals surface area contributed by atoms with Crippen LogP contribution in [0.5, 0.6) is 0 Å². The molecule has 1 aliphatic carbocycles. The number of hydrogen-bond acceptors (Lipinski definition) is 7. The number of aromatic amines is 2. The molecule has 0 unspecified atom stereocenters. The molecule has 2 atom stereocenters. The minimum Gasteiger partial charge on any atom is -0.506 e. The number of aliphatic hydroxyl groups excluding tert-OH is 1. The van der Waals surface area contributed by atoms with Gasteiger partial charge in [0.1, 0.15) is 17.9 Å². The molecule has 0 amide bonds. The Hall–Kier alpha value is -5.96. The summed E-state index contributed by atoms with van der Waals surface area (Å²) in [5.74, 6) is -1.45. The Balaban J connectivity index is 1.27. The number of aromatic nitrogens is 4. The molecule has 9 nitrogen and oxygen atoms in total. The zero-order valence-electron chi connectivity index (χ0n) is 40.0. The Kier molecular flexibility index (Phi) is 15.4. The highest BCUT2D eigenvalue weighted by molar-refractivity contribution is 6.30. The maximum absolute atomic E-state index is 13.6. The third kappa shape index (κ3) is 10.2. The lowest BCUT2D eigenvalue weighted by atomic mass is 9.85. The number of carbonyl (C=O) groups excluding carboxylic acids is 2. The fourth-order valence-corrected chi connectivity index (χ4v) is 9.29. The van der Waals surface area contributed by atoms with Gasteiger partial charge in [0, 0.05) is 51.9 Å². The predicted molar refractivity (Wildman–Crippen MR) is 264 cm³/mol. The van der Waals surface area contributed by atoms with Crippen LogP contribution in [-0.2, 0) is 19.1 Å². The number of aryl methyl sites for hydroxylation is 1. The van der Waals surface area contributed by atoms with E-state index < -0.39 is 5.97 Å². The molecular formula is C55H68N4O5. The number of nitrogens with one attached hydrogen (secondary N) is 2. The molecule has 0 spiro atoms. The minimum absolute atomic E-state index is 0.0820. The third-order valence-corrected chi connectivity index (χ3v) is 13.3. The van der Waals surface area contributed by atoms with E-state index in [0.717, 1.165) is 112 Å². The number of rotatable bonds is 17. The van der Waals surface area contributed by atoms with Gasteiger partial charge in [-0.25, -0.2) is 14.8 Å². The SMILES string of the molecule is C=CC1=C(C)c2cc3[nH]c(c4c5[nH]c(cc6nc(cc1n2)C(C)=C6CC)c(C)c5C(O)=C4C(=O)OC)[C@@H](CCC(=O)OC/C=C(\C)CC/C=C(\C)CC/C=C(\C)CCC=C(C)C)[C@@H]3C. The fraction of sp³-hybridized carbons (Fsp3) is 0.418. The number of hydrogen-bond donors (Lipinski definition) is 3. The predicted octanol–water partition coefficient (Wildman–Crippen LogP) is 14.1. The third-order valence-electron chi connectivity index (χ3n) is 13.3. The number of H-pyrrole nitrogens is 2. The van der Waals surface area contributed by atoms with Gasteiger partial charge in [-0.3, -0.25) is 4.79 Å². The van der Waals surface area contributed by atoms with Crippen LogP contribution in [0.2, 0.25) is 0 Å². The highest BCUT2D eigenvalue weighted by Crippen LogP contribution is 2.49. The van der Waals surface area contributed by atoms with E-state index in [1.165, 1.54) is 29.4 Å². The van der Waals surface area contributed by atoms with Crippen molar-refractivity contribution in [2.75, 3.05) is 13.7 Å². The number of methoxy groups -OCH3 is 1. The molecule has 64 heavy (non-hydrogen) atoms. The van der Waals surface area contributed by atoms with Crippen LogP contribution in [0.4, 0.5) is 0 Å². The second-order valence-electron chi connectivity index (χ2n) is 18.1. The summed E-state index contributed by atoms with van der Waals surface area (Å²) in [6, 6.07) is 6.11. The number of esters is 2. The molecule has 6 rings (SSSR count). The summed E-state index contributed by atoms with van der Waals surface area (Å²) in [4.78, 5) is 44.5. The maximum Gasteiger partial charge on any atom is 0.342 e. The molecule has 338 valence electrons. The van der Waals surface area contributed by atoms with E-state index in [1.807, 2.05) is 38.1 Å². The Labute approximate surface area is 380 Å². The van der Waals surface area contributed by atoms with Gasteiger partial charge in [-0.15, -0.1) is 0 Å². The van der Waals surface area contributed by atoms with Crippen LogP contribution in [0, 0.1) is 6.92 Å². The molecule has 0 saturated heterocycles. The minimum atomic E-state index is -0.647. The van der Waals surface area contributed by atoms with Crippen molar-refractivity contribution in [3.05, 3.63) is 128 Å². The first-order valence-corrected chi connectivity index (χ1v) is 23.0. The number of aliphatic hydroxyl groups is 1. The lowest BCUT2D eigenvalue weighted by molar-refractivity contribution is -0.142. The Morgan fingerprint density at radius 2 is 1.42 bits per heavy atom. The number of fused-ring (bicyclic) bond motifs is 8. The van der Waals surface area contributed by atoms with Crippen LogP contribution in [0.25, 0.3) is 44.7 Å². The van der Waals surface area contributed by atoms with Crippen LogP contribution < -0.4 is 0 Å². The zero-order valence-corrected chi connectivity index (χ0v) is 40.0. The van der Waals surface area contributed by atoms with E-state index in [-0.39, 0.29) is 42.2 Å². The van der Waals surface area contributed by atoms with E-state index in [2.05, 4.69) is 96.2 Å². The van der Waals surface area contributed by atoms with Gasteiger partial charge in [0.15, 0.2) is 0 Å². The molecule has 0 saturated carbocycles. The molecular weight excluding hydrogens is 797 g/mol. The van der Waals surface area contributed by atoms with Crippen molar-refractivity contribution in [3.8, 4) is 0 Å². The largest absolute Gasteiger partial charge is 0.506 e. The first-order chi connectivity index (χ1) is 30.6. The Morgan fingerprint density at radius 1 is 0.797 bits per heavy atom. The van der Waals surface area contributed by atoms with Crippen molar-refractivity contribution < 1.29 is 24.2 Å². The van der Waals surface area contributed by atoms with Crippen molar-refractivity contribution in [1.82, 2.24) is 19.9 Å². The topological polar surface area (TPSA) is 130 Å². The van der Waals surface area contributed by atoms with Crippen molar-refractivity contribution >= 4 is 56.6 Å². The summed E-state index contributed by atoms with van der Waals surface area (Å²) < 4.78 is 11.1. The Morgan fingerprint density at radius 3 is 2.05 bits per heavy atom. The normalized spacial score (nSPS) is 17.0. The molecule has 9 heteroatoms. The summed E-state index contributed by atoms with van der Waals surface area (Å²) in [7, 11) is 1.32. The lowest BCUT2D eigenvalue weighted by Crippen LogP contribution is -2.12. The van der Waals surface area contributed by atoms with Gasteiger partial charge in [-0.1, -0.05) is 67.0 Å². The van der Waals surface area contributed by atoms with Crippen molar-refractivity contribution in [2.45, 2.75) is 139 Å². The van der Waals surface area contributed by atoms with Gasteiger partial charge in [0.05, 0.1) is 35.4 Å². The van der Waals surface area contributed by atoms with Gasteiger partial charge in [0.2, 0.25) is 0 Å². The van der Waals surface area contributed by atoms with Crippen molar-refractivity contribution in [2.24, 2.45) is 0 Å². The molecule has 2 aromatic heterocycles. The van der Waals surface area contributed by atoms with Crippen LogP contribution in [0.15, 0.2) is 77.5 Å². The second-order valence-corrected chi connectivity index (χ2v) is 18.1. The molecule has 0 radical (unpaired) electrons. The van der Waals surface area contributed by atoms with Gasteiger partial charge in [-0.2, -0.15) is 0 Å². The number of nitrogens with zero attached hydrogens (tertiary/aromatic N) is 2. The molecule has 0 fully saturated rings. The number of carbonyl (C=O) groups is 2. The van der Waals surface area contributed by atoms with Gasteiger partial charge in [-0.05, 0) is 153 Å². The molecule has 5 heterocycles. The molecule has 0 aromatic carbocycles. The highest BCUT2D eigenvalue weighted by atomic mass is 16.5. The van der Waals surface area contributed by atoms with Crippen LogP contribution in [0.3, 0.4) is 0 Å². The molecule has 4 aliphatic rings. The monoisotopic (exact) mass is 865 g/mol. The molecule has 3 aliphatic heterocycles. The summed E-state index contributed by atoms with van der Waals surface area (Å²) in [5.41, 5.74) is 17.7. The van der Waals surface area contributed by atoms with Gasteiger partial charge < -0.3 is 24.5 Å². The van der Waals surface area contributed by atoms with Crippen LogP contribution >= 0.6 is 0 Å². The first kappa shape index (κ1) is 47.5. The lowest BCUT2D eigenvalue weighted by Gasteiger charge is -2.18. The standard InChI is InChI=1S/C55H68N4O5/c1-13-39-35(8)42-28-44-37(10)41(24-25-48(60)64-27-26-34(7)23-17-22-33(6)21-16-20-32(5)19-15-18-31(3)4)52(58-44)50-51(55(62)63-12)54(61)49-38(11)45(59-53(49)50)30-47-40(14-2)36(9)43(57-47)29-46(39)56-42/h13,18,20,22,26,28-30,37,41,58-59,61H,1,14-17,19,21,23-25,27H2,2-12H3/b32-20+,33-22+,34-26+,44-28?,46-29?,47-30?,52-50?/t37-,41-/m0/s1. The molecule has 2 aromatic rings. The van der Waals surface area contributed by atoms with Crippen LogP contribution in [0.1, 0.15) is 183 Å². The number of ether oxygens (including phenoxy) is 2. The molecule has 8 bridgehead atoms. The maximum atomic E-state index is 13.6. The fourth-order valence-electron chi connectivity index (χ4n) is 9.29. The number of allylic oxidation sites excluding steroid dienone is 12. The summed E-state index contributed by atoms with van der Waals surface area (Å²) in [6.07, 6.45) is 18.4. The quantitative estimate of drug-likeness (QED) is 0.107. The van der Waals surface area contributed by atoms with E-state index in [1.54, 1.807) is 0 Å². The second kappa shape index (κ2) is 20.7. The van der Waals surface area contributed by atoms with E-state index in [9.17, 15) is 14.7 Å². The van der Waals surface area contributed by atoms with Gasteiger partial charge in [0.25, 0.3) is 0 Å². The van der Waals surface area contributed by atoms with E-state index in [0.29, 0.717) is 23.1 Å². The first-order valence-electron chi connectivity index (χ1n) is 23.0. The van der Waals surface area contributed by atoms with Crippen LogP contribution in [-0.4, -0.2) is 50.7 Å². The van der Waals surface area contributed by atoms with Crippen molar-refractivity contribution in [1.29, 1.82) is 0 Å². The summed E-state index contributed by atoms with van der Waals surface area (Å²) in [5, 5.41) is 11.9. The van der Waals surface area contributed by atoms with Crippen molar-refractivity contribution in [3.63, 3.8) is 0 Å². The highest BCUT2D eigenvalue weighted by Gasteiger charge is 2.39. The van der Waals surface area contributed by atoms with Gasteiger partial charge >= 0.3 is 11.9 Å². The summed E-state index contributed by atoms with van der Waals surface area (Å²) in [6.45, 7) is 25.4. The Bertz CT molecular complexity index is 2650. The van der Waals surface area contributed by atoms with E-state index in [4.69, 9.17) is 19.4 Å². The molecule has 3 N–H and O–H groups in total.